The molecule has 1 unspecified atom stereocenters. The third-order valence-corrected chi connectivity index (χ3v) is 7.06. The van der Waals surface area contributed by atoms with Gasteiger partial charge >= 0.3 is 5.97 Å². The molecule has 0 aliphatic rings. The van der Waals surface area contributed by atoms with Gasteiger partial charge in [0.1, 0.15) is 18.0 Å². The number of aromatic nitrogens is 5. The zero-order chi connectivity index (χ0) is 27.8. The van der Waals surface area contributed by atoms with E-state index in [1.165, 1.54) is 23.1 Å². The fourth-order valence-electron chi connectivity index (χ4n) is 4.32. The van der Waals surface area contributed by atoms with Gasteiger partial charge in [-0.25, -0.2) is 19.4 Å². The summed E-state index contributed by atoms with van der Waals surface area (Å²) in [6.07, 6.45) is 1.53. The molecule has 0 fully saturated rings. The number of nitrogens with zero attached hydrogens (tertiary/aromatic N) is 4. The molecule has 12 heteroatoms. The van der Waals surface area contributed by atoms with Crippen molar-refractivity contribution in [2.24, 2.45) is 0 Å². The molecule has 0 bridgehead atoms. The smallest absolute Gasteiger partial charge is 0.335 e. The van der Waals surface area contributed by atoms with E-state index >= 15 is 0 Å². The summed E-state index contributed by atoms with van der Waals surface area (Å²) in [4.78, 5) is 36.8. The Bertz CT molecular complexity index is 1710. The summed E-state index contributed by atoms with van der Waals surface area (Å²) >= 11 is 19.2. The summed E-state index contributed by atoms with van der Waals surface area (Å²) in [6.45, 7) is 3.78. The van der Waals surface area contributed by atoms with Crippen molar-refractivity contribution in [3.05, 3.63) is 104 Å². The number of aromatic amines is 1. The molecule has 3 N–H and O–H groups in total. The van der Waals surface area contributed by atoms with Crippen molar-refractivity contribution in [2.75, 3.05) is 6.54 Å². The van der Waals surface area contributed by atoms with Crippen LogP contribution in [0.15, 0.2) is 54.9 Å². The molecule has 39 heavy (non-hydrogen) atoms. The van der Waals surface area contributed by atoms with E-state index in [2.05, 4.69) is 20.4 Å². The predicted octanol–water partition coefficient (Wildman–Crippen LogP) is 5.98. The number of amides is 1. The molecule has 0 saturated heterocycles. The first-order chi connectivity index (χ1) is 18.6. The maximum atomic E-state index is 13.3. The van der Waals surface area contributed by atoms with Gasteiger partial charge in [0.05, 0.1) is 43.8 Å². The predicted molar refractivity (Wildman–Crippen MR) is 150 cm³/mol. The van der Waals surface area contributed by atoms with Crippen molar-refractivity contribution < 1.29 is 14.7 Å². The fourth-order valence-corrected chi connectivity index (χ4v) is 5.24. The standard InChI is InChI=1S/C27H21Cl3N6O3/c1-13-7-17(28)8-22-24(13)34-25(33-22)19(15-3-5-16(6-4-15)27(38)39)11-31-26(37)23-20(29)9-18(10-21(23)30)36-12-32-14(2)35-36/h3-10,12,19H,11H2,1-2H3,(H,31,37)(H,33,34)(H,38,39). The lowest BCUT2D eigenvalue weighted by atomic mass is 9.97. The van der Waals surface area contributed by atoms with Crippen LogP contribution in [0.1, 0.15) is 49.4 Å². The lowest BCUT2D eigenvalue weighted by Gasteiger charge is -2.17. The normalized spacial score (nSPS) is 12.0. The van der Waals surface area contributed by atoms with E-state index in [1.54, 1.807) is 37.3 Å². The van der Waals surface area contributed by atoms with Crippen molar-refractivity contribution in [3.8, 4) is 5.69 Å². The quantitative estimate of drug-likeness (QED) is 0.216. The Balaban J connectivity index is 1.46. The van der Waals surface area contributed by atoms with Gasteiger partial charge in [0.15, 0.2) is 0 Å². The molecular formula is C27H21Cl3N6O3. The number of imidazole rings is 1. The molecule has 198 valence electrons. The van der Waals surface area contributed by atoms with Gasteiger partial charge < -0.3 is 15.4 Å². The van der Waals surface area contributed by atoms with Gasteiger partial charge in [-0.15, -0.1) is 0 Å². The minimum atomic E-state index is -1.03. The SMILES string of the molecule is Cc1ncn(-c2cc(Cl)c(C(=O)NCC(c3ccc(C(=O)O)cc3)c3nc4c(C)cc(Cl)cc4[nH]3)c(Cl)c2)n1. The monoisotopic (exact) mass is 582 g/mol. The highest BCUT2D eigenvalue weighted by Gasteiger charge is 2.23. The number of fused-ring (bicyclic) bond motifs is 1. The average Bonchev–Trinajstić information content (AvgIpc) is 3.50. The van der Waals surface area contributed by atoms with E-state index in [1.807, 2.05) is 13.0 Å². The summed E-state index contributed by atoms with van der Waals surface area (Å²) in [7, 11) is 0. The van der Waals surface area contributed by atoms with Gasteiger partial charge in [-0.2, -0.15) is 5.10 Å². The Morgan fingerprint density at radius 2 is 1.74 bits per heavy atom. The van der Waals surface area contributed by atoms with Crippen molar-refractivity contribution >= 4 is 57.7 Å². The van der Waals surface area contributed by atoms with Crippen LogP contribution in [0.3, 0.4) is 0 Å². The van der Waals surface area contributed by atoms with Gasteiger partial charge in [-0.05, 0) is 61.4 Å². The van der Waals surface area contributed by atoms with Gasteiger partial charge in [0.2, 0.25) is 0 Å². The largest absolute Gasteiger partial charge is 0.478 e. The first kappa shape index (κ1) is 26.7. The summed E-state index contributed by atoms with van der Waals surface area (Å²) in [5, 5.41) is 17.3. The lowest BCUT2D eigenvalue weighted by Crippen LogP contribution is -2.30. The molecule has 5 rings (SSSR count). The van der Waals surface area contributed by atoms with Crippen LogP contribution in [0.25, 0.3) is 16.7 Å². The third kappa shape index (κ3) is 5.47. The number of benzene rings is 3. The summed E-state index contributed by atoms with van der Waals surface area (Å²) in [5.41, 5.74) is 3.97. The Labute approximate surface area is 237 Å². The van der Waals surface area contributed by atoms with Crippen molar-refractivity contribution in [1.82, 2.24) is 30.0 Å². The van der Waals surface area contributed by atoms with Gasteiger partial charge in [-0.3, -0.25) is 4.79 Å². The van der Waals surface area contributed by atoms with Crippen LogP contribution in [0.4, 0.5) is 0 Å². The Kier molecular flexibility index (Phi) is 7.31. The molecule has 0 aliphatic carbocycles. The number of hydrogen-bond acceptors (Lipinski definition) is 5. The first-order valence-electron chi connectivity index (χ1n) is 11.8. The molecule has 3 aromatic carbocycles. The highest BCUT2D eigenvalue weighted by Crippen LogP contribution is 2.30. The van der Waals surface area contributed by atoms with Crippen LogP contribution in [0.2, 0.25) is 15.1 Å². The van der Waals surface area contributed by atoms with E-state index in [0.29, 0.717) is 22.4 Å². The van der Waals surface area contributed by atoms with E-state index < -0.39 is 17.8 Å². The highest BCUT2D eigenvalue weighted by molar-refractivity contribution is 6.40. The van der Waals surface area contributed by atoms with Crippen LogP contribution >= 0.6 is 34.8 Å². The van der Waals surface area contributed by atoms with E-state index in [-0.39, 0.29) is 27.7 Å². The van der Waals surface area contributed by atoms with Gasteiger partial charge in [-0.1, -0.05) is 46.9 Å². The molecule has 9 nitrogen and oxygen atoms in total. The van der Waals surface area contributed by atoms with E-state index in [0.717, 1.165) is 22.2 Å². The Morgan fingerprint density at radius 3 is 2.36 bits per heavy atom. The molecular weight excluding hydrogens is 563 g/mol. The Morgan fingerprint density at radius 1 is 1.05 bits per heavy atom. The molecule has 0 saturated carbocycles. The molecule has 2 aromatic heterocycles. The Hall–Kier alpha value is -3.92. The molecule has 1 atom stereocenters. The molecule has 1 amide bonds. The number of H-pyrrole nitrogens is 1. The second-order valence-electron chi connectivity index (χ2n) is 8.95. The number of carboxylic acid groups (broad SMARTS) is 1. The fraction of sp³-hybridized carbons (Fsp3) is 0.148. The van der Waals surface area contributed by atoms with Crippen LogP contribution in [0.5, 0.6) is 0 Å². The molecule has 0 radical (unpaired) electrons. The van der Waals surface area contributed by atoms with Crippen LogP contribution in [0, 0.1) is 13.8 Å². The zero-order valence-corrected chi connectivity index (χ0v) is 22.9. The topological polar surface area (TPSA) is 126 Å². The van der Waals surface area contributed by atoms with Crippen LogP contribution < -0.4 is 5.32 Å². The third-order valence-electron chi connectivity index (χ3n) is 6.24. The lowest BCUT2D eigenvalue weighted by molar-refractivity contribution is 0.0696. The second-order valence-corrected chi connectivity index (χ2v) is 10.2. The van der Waals surface area contributed by atoms with Crippen LogP contribution in [-0.4, -0.2) is 48.3 Å². The van der Waals surface area contributed by atoms with Crippen molar-refractivity contribution in [2.45, 2.75) is 19.8 Å². The number of carboxylic acids is 1. The average molecular weight is 584 g/mol. The number of carbonyl (C=O) groups is 2. The summed E-state index contributed by atoms with van der Waals surface area (Å²) < 4.78 is 1.52. The molecule has 2 heterocycles. The number of aromatic carboxylic acids is 1. The van der Waals surface area contributed by atoms with E-state index in [9.17, 15) is 14.7 Å². The second kappa shape index (κ2) is 10.7. The van der Waals surface area contributed by atoms with Crippen LogP contribution in [-0.2, 0) is 0 Å². The summed E-state index contributed by atoms with van der Waals surface area (Å²) in [6, 6.07) is 13.2. The maximum absolute atomic E-state index is 13.3. The maximum Gasteiger partial charge on any atom is 0.335 e. The number of carbonyl (C=O) groups excluding carboxylic acids is 1. The molecule has 0 aliphatic heterocycles. The molecule has 5 aromatic rings. The van der Waals surface area contributed by atoms with Crippen molar-refractivity contribution in [1.29, 1.82) is 0 Å². The molecule has 0 spiro atoms. The minimum Gasteiger partial charge on any atom is -0.478 e. The number of aryl methyl sites for hydroxylation is 2. The van der Waals surface area contributed by atoms with E-state index in [4.69, 9.17) is 39.8 Å². The van der Waals surface area contributed by atoms with Gasteiger partial charge in [0, 0.05) is 11.6 Å². The number of halogens is 3. The first-order valence-corrected chi connectivity index (χ1v) is 12.9. The highest BCUT2D eigenvalue weighted by atomic mass is 35.5. The number of rotatable bonds is 7. The van der Waals surface area contributed by atoms with Crippen molar-refractivity contribution in [3.63, 3.8) is 0 Å². The summed E-state index contributed by atoms with van der Waals surface area (Å²) in [5.74, 6) is -0.803. The minimum absolute atomic E-state index is 0.117. The number of hydrogen-bond donors (Lipinski definition) is 3. The van der Waals surface area contributed by atoms with Gasteiger partial charge in [0.25, 0.3) is 5.91 Å². The number of nitrogens with one attached hydrogen (secondary N) is 2. The zero-order valence-electron chi connectivity index (χ0n) is 20.7.